The Balaban J connectivity index is 1.94. The molecule has 1 aliphatic rings. The van der Waals surface area contributed by atoms with Crippen LogP contribution in [0, 0.1) is 11.8 Å². The second kappa shape index (κ2) is 11.3. The number of aliphatic hydroxyl groups excluding tert-OH is 1. The summed E-state index contributed by atoms with van der Waals surface area (Å²) in [5, 5.41) is 9.61. The fraction of sp³-hybridized carbons (Fsp3) is 0.875. The zero-order chi connectivity index (χ0) is 13.8. The van der Waals surface area contributed by atoms with E-state index in [0.29, 0.717) is 6.61 Å². The molecule has 1 N–H and O–H groups in total. The summed E-state index contributed by atoms with van der Waals surface area (Å²) in [4.78, 5) is 0. The molecule has 0 radical (unpaired) electrons. The van der Waals surface area contributed by atoms with E-state index in [-0.39, 0.29) is 6.29 Å². The molecule has 110 valence electrons. The second-order valence-corrected chi connectivity index (χ2v) is 5.10. The number of ether oxygens (including phenoxy) is 2. The normalized spacial score (nSPS) is 20.6. The third-order valence-corrected chi connectivity index (χ3v) is 3.24. The van der Waals surface area contributed by atoms with Gasteiger partial charge >= 0.3 is 0 Å². The number of aliphatic hydroxyl groups is 1. The van der Waals surface area contributed by atoms with Crippen molar-refractivity contribution in [3.63, 3.8) is 0 Å². The molecule has 1 aliphatic heterocycles. The van der Waals surface area contributed by atoms with Crippen LogP contribution in [0.1, 0.15) is 64.7 Å². The van der Waals surface area contributed by atoms with Crippen LogP contribution in [0.15, 0.2) is 0 Å². The summed E-state index contributed by atoms with van der Waals surface area (Å²) in [5.74, 6) is 5.93. The molecule has 0 amide bonds. The van der Waals surface area contributed by atoms with Crippen molar-refractivity contribution in [1.82, 2.24) is 0 Å². The first-order valence-electron chi connectivity index (χ1n) is 7.72. The van der Waals surface area contributed by atoms with E-state index in [2.05, 4.69) is 18.8 Å². The summed E-state index contributed by atoms with van der Waals surface area (Å²) in [7, 11) is 0. The predicted octanol–water partition coefficient (Wildman–Crippen LogP) is 3.25. The number of rotatable bonds is 8. The highest BCUT2D eigenvalue weighted by Gasteiger charge is 2.12. The smallest absolute Gasteiger partial charge is 0.157 e. The van der Waals surface area contributed by atoms with Crippen molar-refractivity contribution < 1.29 is 14.6 Å². The van der Waals surface area contributed by atoms with Crippen LogP contribution in [-0.2, 0) is 9.47 Å². The minimum absolute atomic E-state index is 0.00124. The van der Waals surface area contributed by atoms with Crippen LogP contribution in [0.4, 0.5) is 0 Å². The van der Waals surface area contributed by atoms with Gasteiger partial charge in [-0.05, 0) is 38.5 Å². The third kappa shape index (κ3) is 9.04. The van der Waals surface area contributed by atoms with Crippen LogP contribution >= 0.6 is 0 Å². The SMILES string of the molecule is CCCCCC(O)C#CCCCOC1CCCCO1. The Hall–Kier alpha value is -0.560. The van der Waals surface area contributed by atoms with Gasteiger partial charge in [-0.25, -0.2) is 0 Å². The molecule has 0 bridgehead atoms. The van der Waals surface area contributed by atoms with E-state index in [1.165, 1.54) is 19.3 Å². The van der Waals surface area contributed by atoms with E-state index in [4.69, 9.17) is 9.47 Å². The number of hydrogen-bond donors (Lipinski definition) is 1. The average Bonchev–Trinajstić information content (AvgIpc) is 2.44. The van der Waals surface area contributed by atoms with E-state index in [1.807, 2.05) is 0 Å². The monoisotopic (exact) mass is 268 g/mol. The fourth-order valence-corrected chi connectivity index (χ4v) is 2.07. The highest BCUT2D eigenvalue weighted by molar-refractivity contribution is 5.04. The standard InChI is InChI=1S/C16H28O3/c1-2-3-5-10-15(17)11-6-4-8-13-18-16-12-7-9-14-19-16/h15-17H,2-5,7-10,12-14H2,1H3. The first-order valence-corrected chi connectivity index (χ1v) is 7.72. The van der Waals surface area contributed by atoms with Crippen molar-refractivity contribution >= 4 is 0 Å². The quantitative estimate of drug-likeness (QED) is 0.542. The summed E-state index contributed by atoms with van der Waals surface area (Å²) in [5.41, 5.74) is 0. The summed E-state index contributed by atoms with van der Waals surface area (Å²) < 4.78 is 11.1. The van der Waals surface area contributed by atoms with Crippen molar-refractivity contribution in [2.75, 3.05) is 13.2 Å². The van der Waals surface area contributed by atoms with Gasteiger partial charge < -0.3 is 14.6 Å². The fourth-order valence-electron chi connectivity index (χ4n) is 2.07. The van der Waals surface area contributed by atoms with Gasteiger partial charge in [-0.2, -0.15) is 0 Å². The molecule has 2 atom stereocenters. The van der Waals surface area contributed by atoms with Gasteiger partial charge in [0.1, 0.15) is 6.10 Å². The topological polar surface area (TPSA) is 38.7 Å². The molecule has 1 fully saturated rings. The summed E-state index contributed by atoms with van der Waals surface area (Å²) >= 11 is 0. The van der Waals surface area contributed by atoms with Crippen molar-refractivity contribution in [1.29, 1.82) is 0 Å². The first kappa shape index (κ1) is 16.5. The maximum absolute atomic E-state index is 9.61. The maximum Gasteiger partial charge on any atom is 0.157 e. The highest BCUT2D eigenvalue weighted by Crippen LogP contribution is 2.13. The van der Waals surface area contributed by atoms with Crippen molar-refractivity contribution in [3.05, 3.63) is 0 Å². The molecular weight excluding hydrogens is 240 g/mol. The van der Waals surface area contributed by atoms with Crippen LogP contribution in [0.5, 0.6) is 0 Å². The lowest BCUT2D eigenvalue weighted by Gasteiger charge is -2.22. The Morgan fingerprint density at radius 2 is 2.21 bits per heavy atom. The molecule has 1 saturated heterocycles. The molecule has 0 aromatic carbocycles. The van der Waals surface area contributed by atoms with Crippen LogP contribution < -0.4 is 0 Å². The molecule has 19 heavy (non-hydrogen) atoms. The van der Waals surface area contributed by atoms with E-state index in [9.17, 15) is 5.11 Å². The minimum Gasteiger partial charge on any atom is -0.380 e. The molecule has 0 saturated carbocycles. The van der Waals surface area contributed by atoms with Crippen LogP contribution in [0.25, 0.3) is 0 Å². The molecule has 0 aromatic rings. The average molecular weight is 268 g/mol. The van der Waals surface area contributed by atoms with Gasteiger partial charge in [0.2, 0.25) is 0 Å². The van der Waals surface area contributed by atoms with E-state index in [1.54, 1.807) is 0 Å². The summed E-state index contributed by atoms with van der Waals surface area (Å²) in [6, 6.07) is 0. The van der Waals surface area contributed by atoms with E-state index < -0.39 is 6.10 Å². The highest BCUT2D eigenvalue weighted by atomic mass is 16.7. The lowest BCUT2D eigenvalue weighted by atomic mass is 10.1. The molecular formula is C16H28O3. The van der Waals surface area contributed by atoms with Gasteiger partial charge in [0.05, 0.1) is 6.61 Å². The van der Waals surface area contributed by atoms with Crippen LogP contribution in [0.3, 0.4) is 0 Å². The zero-order valence-electron chi connectivity index (χ0n) is 12.2. The minimum atomic E-state index is -0.450. The van der Waals surface area contributed by atoms with Crippen molar-refractivity contribution in [3.8, 4) is 11.8 Å². The van der Waals surface area contributed by atoms with Crippen LogP contribution in [-0.4, -0.2) is 30.7 Å². The molecule has 0 aromatic heterocycles. The molecule has 0 spiro atoms. The lowest BCUT2D eigenvalue weighted by Crippen LogP contribution is -2.22. The van der Waals surface area contributed by atoms with Crippen molar-refractivity contribution in [2.24, 2.45) is 0 Å². The molecule has 3 nitrogen and oxygen atoms in total. The Bertz CT molecular complexity index is 261. The van der Waals surface area contributed by atoms with E-state index >= 15 is 0 Å². The third-order valence-electron chi connectivity index (χ3n) is 3.24. The lowest BCUT2D eigenvalue weighted by molar-refractivity contribution is -0.162. The Kier molecular flexibility index (Phi) is 9.79. The van der Waals surface area contributed by atoms with Gasteiger partial charge in [-0.15, -0.1) is 5.92 Å². The Labute approximate surface area is 117 Å². The molecule has 2 unspecified atom stereocenters. The van der Waals surface area contributed by atoms with Gasteiger partial charge in [0, 0.05) is 13.0 Å². The molecule has 0 aliphatic carbocycles. The Morgan fingerprint density at radius 3 is 2.95 bits per heavy atom. The number of hydrogen-bond acceptors (Lipinski definition) is 3. The predicted molar refractivity (Wildman–Crippen MR) is 76.7 cm³/mol. The van der Waals surface area contributed by atoms with Crippen molar-refractivity contribution in [2.45, 2.75) is 77.1 Å². The number of unbranched alkanes of at least 4 members (excludes halogenated alkanes) is 3. The van der Waals surface area contributed by atoms with Gasteiger partial charge in [-0.1, -0.05) is 25.7 Å². The summed E-state index contributed by atoms with van der Waals surface area (Å²) in [6.07, 6.45) is 8.84. The maximum atomic E-state index is 9.61. The van der Waals surface area contributed by atoms with E-state index in [0.717, 1.165) is 45.1 Å². The zero-order valence-corrected chi connectivity index (χ0v) is 12.2. The molecule has 1 heterocycles. The Morgan fingerprint density at radius 1 is 1.32 bits per heavy atom. The van der Waals surface area contributed by atoms with Gasteiger partial charge in [-0.3, -0.25) is 0 Å². The van der Waals surface area contributed by atoms with Gasteiger partial charge in [0.25, 0.3) is 0 Å². The second-order valence-electron chi connectivity index (χ2n) is 5.10. The summed E-state index contributed by atoms with van der Waals surface area (Å²) in [6.45, 7) is 3.69. The first-order chi connectivity index (χ1) is 9.33. The van der Waals surface area contributed by atoms with Crippen LogP contribution in [0.2, 0.25) is 0 Å². The largest absolute Gasteiger partial charge is 0.380 e. The molecule has 1 rings (SSSR count). The molecule has 3 heteroatoms. The van der Waals surface area contributed by atoms with Gasteiger partial charge in [0.15, 0.2) is 6.29 Å².